The molecule has 1 saturated heterocycles. The van der Waals surface area contributed by atoms with Gasteiger partial charge in [-0.25, -0.2) is 13.2 Å². The summed E-state index contributed by atoms with van der Waals surface area (Å²) in [5.74, 6) is -0.0966. The van der Waals surface area contributed by atoms with Gasteiger partial charge in [0, 0.05) is 31.5 Å². The Balaban J connectivity index is 2.14. The number of Topliss-reactive ketones (excluding diaryl/α,β-unsaturated/α-hetero) is 1. The Hall–Kier alpha value is -1.49. The van der Waals surface area contributed by atoms with Crippen molar-refractivity contribution in [1.29, 1.82) is 0 Å². The fourth-order valence-electron chi connectivity index (χ4n) is 3.27. The van der Waals surface area contributed by atoms with Crippen molar-refractivity contribution in [3.63, 3.8) is 0 Å². The van der Waals surface area contributed by atoms with Gasteiger partial charge >= 0.3 is 5.69 Å². The summed E-state index contributed by atoms with van der Waals surface area (Å²) in [6, 6.07) is 2.59. The van der Waals surface area contributed by atoms with Crippen molar-refractivity contribution in [2.24, 2.45) is 14.1 Å². The van der Waals surface area contributed by atoms with E-state index in [4.69, 9.17) is 4.74 Å². The van der Waals surface area contributed by atoms with Gasteiger partial charge in [-0.1, -0.05) is 0 Å². The van der Waals surface area contributed by atoms with E-state index in [9.17, 15) is 18.0 Å². The molecule has 2 heterocycles. The van der Waals surface area contributed by atoms with Crippen LogP contribution in [0.15, 0.2) is 26.3 Å². The SMILES string of the molecule is CC(=O)CC1COCCN1S(=O)(=O)c1cc2c(cc1Br)n(C)c(=O)n2C. The van der Waals surface area contributed by atoms with Crippen LogP contribution in [0, 0.1) is 0 Å². The summed E-state index contributed by atoms with van der Waals surface area (Å²) >= 11 is 3.33. The Morgan fingerprint density at radius 2 is 1.88 bits per heavy atom. The number of aromatic nitrogens is 2. The summed E-state index contributed by atoms with van der Waals surface area (Å²) in [4.78, 5) is 23.7. The Morgan fingerprint density at radius 1 is 1.27 bits per heavy atom. The first kappa shape index (κ1) is 19.3. The van der Waals surface area contributed by atoms with Gasteiger partial charge < -0.3 is 4.74 Å². The average molecular weight is 446 g/mol. The number of ketones is 1. The quantitative estimate of drug-likeness (QED) is 0.700. The summed E-state index contributed by atoms with van der Waals surface area (Å²) in [5.41, 5.74) is 0.920. The molecule has 0 amide bonds. The third-order valence-corrected chi connectivity index (χ3v) is 7.52. The minimum Gasteiger partial charge on any atom is -0.378 e. The molecule has 1 aromatic heterocycles. The molecular formula is C16H20BrN3O5S. The minimum absolute atomic E-state index is 0.0710. The van der Waals surface area contributed by atoms with E-state index in [0.717, 1.165) is 0 Å². The number of hydrogen-bond acceptors (Lipinski definition) is 5. The highest BCUT2D eigenvalue weighted by Crippen LogP contribution is 2.31. The van der Waals surface area contributed by atoms with Crippen molar-refractivity contribution in [3.8, 4) is 0 Å². The molecule has 1 unspecified atom stereocenters. The smallest absolute Gasteiger partial charge is 0.328 e. The van der Waals surface area contributed by atoms with Gasteiger partial charge in [-0.2, -0.15) is 4.31 Å². The fourth-order valence-corrected chi connectivity index (χ4v) is 5.88. The molecule has 0 saturated carbocycles. The standard InChI is InChI=1S/C16H20BrN3O5S/c1-10(21)6-11-9-25-5-4-20(11)26(23,24)15-8-14-13(7-12(15)17)18(2)16(22)19(14)3/h7-8,11H,4-6,9H2,1-3H3. The van der Waals surface area contributed by atoms with Crippen molar-refractivity contribution in [3.05, 3.63) is 27.1 Å². The van der Waals surface area contributed by atoms with E-state index >= 15 is 0 Å². The molecule has 1 aliphatic rings. The number of morpholine rings is 1. The highest BCUT2D eigenvalue weighted by Gasteiger charge is 2.36. The van der Waals surface area contributed by atoms with Gasteiger partial charge in [-0.3, -0.25) is 13.9 Å². The van der Waals surface area contributed by atoms with Crippen LogP contribution in [0.3, 0.4) is 0 Å². The molecule has 8 nitrogen and oxygen atoms in total. The van der Waals surface area contributed by atoms with Gasteiger partial charge in [0.05, 0.1) is 35.2 Å². The number of rotatable bonds is 4. The van der Waals surface area contributed by atoms with E-state index in [-0.39, 0.29) is 42.5 Å². The Kier molecular flexibility index (Phi) is 5.13. The number of ether oxygens (including phenoxy) is 1. The lowest BCUT2D eigenvalue weighted by Crippen LogP contribution is -2.49. The number of carbonyl (C=O) groups excluding carboxylic acids is 1. The number of carbonyl (C=O) groups is 1. The second-order valence-electron chi connectivity index (χ2n) is 6.42. The van der Waals surface area contributed by atoms with Crippen molar-refractivity contribution < 1.29 is 17.9 Å². The van der Waals surface area contributed by atoms with E-state index in [1.165, 1.54) is 26.4 Å². The second kappa shape index (κ2) is 6.91. The van der Waals surface area contributed by atoms with Gasteiger partial charge in [0.15, 0.2) is 0 Å². The molecule has 0 radical (unpaired) electrons. The van der Waals surface area contributed by atoms with E-state index in [1.807, 2.05) is 0 Å². The van der Waals surface area contributed by atoms with Crippen LogP contribution in [-0.4, -0.2) is 53.4 Å². The summed E-state index contributed by atoms with van der Waals surface area (Å²) < 4.78 is 36.5. The molecule has 0 N–H and O–H groups in total. The topological polar surface area (TPSA) is 90.6 Å². The maximum absolute atomic E-state index is 13.3. The predicted molar refractivity (Wildman–Crippen MR) is 99.7 cm³/mol. The Labute approximate surface area is 159 Å². The monoisotopic (exact) mass is 445 g/mol. The van der Waals surface area contributed by atoms with Gasteiger partial charge in [-0.05, 0) is 35.0 Å². The molecule has 3 rings (SSSR count). The van der Waals surface area contributed by atoms with Gasteiger partial charge in [-0.15, -0.1) is 0 Å². The Morgan fingerprint density at radius 3 is 2.50 bits per heavy atom. The first-order valence-corrected chi connectivity index (χ1v) is 10.3. The zero-order valence-electron chi connectivity index (χ0n) is 14.7. The van der Waals surface area contributed by atoms with Crippen LogP contribution in [-0.2, 0) is 33.7 Å². The first-order chi connectivity index (χ1) is 12.1. The van der Waals surface area contributed by atoms with Crippen LogP contribution in [0.1, 0.15) is 13.3 Å². The molecule has 1 aliphatic heterocycles. The third-order valence-electron chi connectivity index (χ3n) is 4.61. The molecule has 10 heteroatoms. The lowest BCUT2D eigenvalue weighted by molar-refractivity contribution is -0.118. The molecule has 142 valence electrons. The molecule has 0 bridgehead atoms. The lowest BCUT2D eigenvalue weighted by Gasteiger charge is -2.34. The van der Waals surface area contributed by atoms with E-state index in [1.54, 1.807) is 20.2 Å². The van der Waals surface area contributed by atoms with Crippen molar-refractivity contribution in [2.75, 3.05) is 19.8 Å². The van der Waals surface area contributed by atoms with Crippen molar-refractivity contribution in [2.45, 2.75) is 24.3 Å². The van der Waals surface area contributed by atoms with Gasteiger partial charge in [0.25, 0.3) is 0 Å². The molecule has 2 aromatic rings. The van der Waals surface area contributed by atoms with E-state index in [2.05, 4.69) is 15.9 Å². The molecule has 1 fully saturated rings. The number of aryl methyl sites for hydroxylation is 2. The number of sulfonamides is 1. The number of fused-ring (bicyclic) bond motifs is 1. The predicted octanol–water partition coefficient (Wildman–Crippen LogP) is 1.01. The lowest BCUT2D eigenvalue weighted by atomic mass is 10.1. The Bertz CT molecular complexity index is 1040. The number of benzene rings is 1. The molecule has 26 heavy (non-hydrogen) atoms. The van der Waals surface area contributed by atoms with Crippen molar-refractivity contribution >= 4 is 42.8 Å². The normalized spacial score (nSPS) is 19.2. The second-order valence-corrected chi connectivity index (χ2v) is 9.14. The number of imidazole rings is 1. The maximum atomic E-state index is 13.3. The molecule has 1 atom stereocenters. The zero-order valence-corrected chi connectivity index (χ0v) is 17.1. The van der Waals surface area contributed by atoms with Crippen LogP contribution < -0.4 is 5.69 Å². The summed E-state index contributed by atoms with van der Waals surface area (Å²) in [6.07, 6.45) is 0.100. The first-order valence-electron chi connectivity index (χ1n) is 8.08. The summed E-state index contributed by atoms with van der Waals surface area (Å²) in [6.45, 7) is 2.07. The highest BCUT2D eigenvalue weighted by atomic mass is 79.9. The summed E-state index contributed by atoms with van der Waals surface area (Å²) in [5, 5.41) is 0. The van der Waals surface area contributed by atoms with Crippen molar-refractivity contribution in [1.82, 2.24) is 13.4 Å². The molecule has 1 aromatic carbocycles. The number of nitrogens with zero attached hydrogens (tertiary/aromatic N) is 3. The fraction of sp³-hybridized carbons (Fsp3) is 0.500. The largest absolute Gasteiger partial charge is 0.378 e. The van der Waals surface area contributed by atoms with E-state index in [0.29, 0.717) is 15.5 Å². The van der Waals surface area contributed by atoms with Crippen LogP contribution >= 0.6 is 15.9 Å². The number of hydrogen-bond donors (Lipinski definition) is 0. The van der Waals surface area contributed by atoms with Gasteiger partial charge in [0.1, 0.15) is 5.78 Å². The zero-order chi connectivity index (χ0) is 19.2. The average Bonchev–Trinajstić information content (AvgIpc) is 2.78. The molecular weight excluding hydrogens is 426 g/mol. The molecule has 0 aliphatic carbocycles. The van der Waals surface area contributed by atoms with Crippen LogP contribution in [0.2, 0.25) is 0 Å². The maximum Gasteiger partial charge on any atom is 0.328 e. The van der Waals surface area contributed by atoms with Gasteiger partial charge in [0.2, 0.25) is 10.0 Å². The third kappa shape index (κ3) is 3.15. The minimum atomic E-state index is -3.87. The highest BCUT2D eigenvalue weighted by molar-refractivity contribution is 9.10. The summed E-state index contributed by atoms with van der Waals surface area (Å²) in [7, 11) is -0.635. The molecule has 0 spiro atoms. The van der Waals surface area contributed by atoms with Crippen LogP contribution in [0.4, 0.5) is 0 Å². The number of halogens is 1. The van der Waals surface area contributed by atoms with E-state index < -0.39 is 16.1 Å². The van der Waals surface area contributed by atoms with Crippen LogP contribution in [0.5, 0.6) is 0 Å². The van der Waals surface area contributed by atoms with Crippen LogP contribution in [0.25, 0.3) is 11.0 Å².